The molecule has 0 aliphatic carbocycles. The zero-order chi connectivity index (χ0) is 20.9. The maximum atomic E-state index is 11.8. The summed E-state index contributed by atoms with van der Waals surface area (Å²) < 4.78 is 10.5. The van der Waals surface area contributed by atoms with E-state index < -0.39 is 12.1 Å². The van der Waals surface area contributed by atoms with Gasteiger partial charge in [0.2, 0.25) is 0 Å². The van der Waals surface area contributed by atoms with E-state index in [0.29, 0.717) is 23.8 Å². The second-order valence-electron chi connectivity index (χ2n) is 7.82. The number of likely N-dealkylation sites (tertiary alicyclic amines) is 1. The molecule has 4 rings (SSSR count). The number of aromatic amines is 1. The van der Waals surface area contributed by atoms with Gasteiger partial charge in [0.25, 0.3) is 0 Å². The van der Waals surface area contributed by atoms with Gasteiger partial charge in [-0.1, -0.05) is 30.3 Å². The predicted molar refractivity (Wildman–Crippen MR) is 123 cm³/mol. The highest BCUT2D eigenvalue weighted by molar-refractivity contribution is 5.92. The summed E-state index contributed by atoms with van der Waals surface area (Å²) in [6, 6.07) is 15.4. The Morgan fingerprint density at radius 3 is 2.65 bits per heavy atom. The van der Waals surface area contributed by atoms with Crippen LogP contribution in [0.1, 0.15) is 34.7 Å². The number of carbonyl (C=O) groups excluding carboxylic acids is 1. The van der Waals surface area contributed by atoms with Crippen LogP contribution in [-0.4, -0.2) is 60.4 Å². The number of fused-ring (bicyclic) bond motifs is 1. The summed E-state index contributed by atoms with van der Waals surface area (Å²) in [4.78, 5) is 17.5. The van der Waals surface area contributed by atoms with E-state index in [2.05, 4.69) is 40.3 Å². The van der Waals surface area contributed by atoms with E-state index in [4.69, 9.17) is 9.47 Å². The highest BCUT2D eigenvalue weighted by Gasteiger charge is 2.24. The molecule has 1 unspecified atom stereocenters. The number of rotatable bonds is 7. The Hall–Kier alpha value is -2.54. The third kappa shape index (κ3) is 5.39. The number of aliphatic hydroxyl groups excluding tert-OH is 1. The normalized spacial score (nSPS) is 15.9. The molecule has 2 N–H and O–H groups in total. The number of esters is 1. The van der Waals surface area contributed by atoms with Crippen molar-refractivity contribution >= 4 is 29.3 Å². The first-order valence-corrected chi connectivity index (χ1v) is 10.4. The minimum Gasteiger partial charge on any atom is -0.490 e. The van der Waals surface area contributed by atoms with Crippen molar-refractivity contribution in [3.63, 3.8) is 0 Å². The Kier molecular flexibility index (Phi) is 7.96. The van der Waals surface area contributed by atoms with Crippen molar-refractivity contribution < 1.29 is 19.4 Å². The largest absolute Gasteiger partial charge is 0.490 e. The molecule has 0 saturated carbocycles. The van der Waals surface area contributed by atoms with E-state index in [0.717, 1.165) is 25.9 Å². The lowest BCUT2D eigenvalue weighted by atomic mass is 9.89. The van der Waals surface area contributed by atoms with Crippen molar-refractivity contribution in [3.05, 3.63) is 65.9 Å². The predicted octanol–water partition coefficient (Wildman–Crippen LogP) is 4.00. The van der Waals surface area contributed by atoms with Crippen LogP contribution in [0.4, 0.5) is 0 Å². The average molecular weight is 445 g/mol. The molecule has 0 bridgehead atoms. The van der Waals surface area contributed by atoms with Gasteiger partial charge in [-0.2, -0.15) is 0 Å². The molecule has 1 saturated heterocycles. The summed E-state index contributed by atoms with van der Waals surface area (Å²) in [7, 11) is 1.34. The maximum Gasteiger partial charge on any atom is 0.341 e. The number of aliphatic hydroxyl groups is 1. The van der Waals surface area contributed by atoms with Gasteiger partial charge in [-0.05, 0) is 55.6 Å². The lowest BCUT2D eigenvalue weighted by Crippen LogP contribution is -2.40. The molecule has 1 aromatic heterocycles. The molecule has 1 aliphatic rings. The summed E-state index contributed by atoms with van der Waals surface area (Å²) in [5.74, 6) is 0.526. The fourth-order valence-corrected chi connectivity index (χ4v) is 4.27. The molecule has 6 nitrogen and oxygen atoms in total. The SMILES string of the molecule is COC(=O)c1ccccc1OCC(O)CN1CCC(c2c[nH]c3ccccc23)CC1.Cl. The Balaban J connectivity index is 0.00000272. The molecular weight excluding hydrogens is 416 g/mol. The van der Waals surface area contributed by atoms with Crippen molar-refractivity contribution in [2.45, 2.75) is 24.9 Å². The first-order valence-electron chi connectivity index (χ1n) is 10.4. The summed E-state index contributed by atoms with van der Waals surface area (Å²) in [6.45, 7) is 2.58. The number of β-amino-alcohol motifs (C(OH)–C–C–N with tert-alkyl or cyclic N) is 1. The molecule has 1 aliphatic heterocycles. The number of para-hydroxylation sites is 2. The number of nitrogens with zero attached hydrogens (tertiary/aromatic N) is 1. The van der Waals surface area contributed by atoms with Gasteiger partial charge in [-0.15, -0.1) is 12.4 Å². The Morgan fingerprint density at radius 2 is 1.87 bits per heavy atom. The van der Waals surface area contributed by atoms with Crippen molar-refractivity contribution in [2.24, 2.45) is 0 Å². The van der Waals surface area contributed by atoms with E-state index >= 15 is 0 Å². The summed E-state index contributed by atoms with van der Waals surface area (Å²) in [5.41, 5.74) is 2.95. The summed E-state index contributed by atoms with van der Waals surface area (Å²) in [5, 5.41) is 11.8. The Bertz CT molecular complexity index is 998. The van der Waals surface area contributed by atoms with Crippen LogP contribution < -0.4 is 4.74 Å². The number of aromatic nitrogens is 1. The van der Waals surface area contributed by atoms with Gasteiger partial charge in [0.05, 0.1) is 7.11 Å². The fraction of sp³-hybridized carbons (Fsp3) is 0.375. The number of hydrogen-bond donors (Lipinski definition) is 2. The van der Waals surface area contributed by atoms with Crippen molar-refractivity contribution in [2.75, 3.05) is 33.4 Å². The molecule has 0 radical (unpaired) electrons. The second-order valence-corrected chi connectivity index (χ2v) is 7.82. The van der Waals surface area contributed by atoms with Gasteiger partial charge in [0.15, 0.2) is 0 Å². The lowest BCUT2D eigenvalue weighted by molar-refractivity contribution is 0.0540. The van der Waals surface area contributed by atoms with Gasteiger partial charge in [-0.3, -0.25) is 0 Å². The zero-order valence-electron chi connectivity index (χ0n) is 17.6. The van der Waals surface area contributed by atoms with E-state index in [1.807, 2.05) is 0 Å². The van der Waals surface area contributed by atoms with Gasteiger partial charge >= 0.3 is 5.97 Å². The fourth-order valence-electron chi connectivity index (χ4n) is 4.27. The Labute approximate surface area is 188 Å². The number of methoxy groups -OCH3 is 1. The number of benzene rings is 2. The molecule has 0 spiro atoms. The van der Waals surface area contributed by atoms with Crippen LogP contribution in [0.2, 0.25) is 0 Å². The van der Waals surface area contributed by atoms with Crippen LogP contribution in [0.15, 0.2) is 54.7 Å². The highest BCUT2D eigenvalue weighted by atomic mass is 35.5. The first kappa shape index (κ1) is 23.1. The van der Waals surface area contributed by atoms with Gasteiger partial charge in [0.1, 0.15) is 24.0 Å². The summed E-state index contributed by atoms with van der Waals surface area (Å²) in [6.07, 6.45) is 3.66. The first-order chi connectivity index (χ1) is 14.7. The monoisotopic (exact) mass is 444 g/mol. The van der Waals surface area contributed by atoms with Crippen LogP contribution in [0, 0.1) is 0 Å². The van der Waals surface area contributed by atoms with Crippen molar-refractivity contribution in [1.82, 2.24) is 9.88 Å². The third-order valence-corrected chi connectivity index (χ3v) is 5.84. The van der Waals surface area contributed by atoms with Gasteiger partial charge in [0, 0.05) is 23.6 Å². The third-order valence-electron chi connectivity index (χ3n) is 5.84. The van der Waals surface area contributed by atoms with Crippen molar-refractivity contribution in [3.8, 4) is 5.75 Å². The number of piperidine rings is 1. The molecule has 1 atom stereocenters. The quantitative estimate of drug-likeness (QED) is 0.539. The molecule has 3 aromatic rings. The minimum atomic E-state index is -0.625. The van der Waals surface area contributed by atoms with Crippen LogP contribution in [0.3, 0.4) is 0 Å². The smallest absolute Gasteiger partial charge is 0.341 e. The van der Waals surface area contributed by atoms with Gasteiger partial charge in [-0.25, -0.2) is 4.79 Å². The molecule has 31 heavy (non-hydrogen) atoms. The van der Waals surface area contributed by atoms with Gasteiger partial charge < -0.3 is 24.5 Å². The number of ether oxygens (including phenoxy) is 2. The van der Waals surface area contributed by atoms with E-state index in [1.54, 1.807) is 24.3 Å². The van der Waals surface area contributed by atoms with E-state index in [9.17, 15) is 9.90 Å². The second kappa shape index (κ2) is 10.7. The average Bonchev–Trinajstić information content (AvgIpc) is 3.22. The molecule has 7 heteroatoms. The number of hydrogen-bond acceptors (Lipinski definition) is 5. The topological polar surface area (TPSA) is 74.8 Å². The molecule has 0 amide bonds. The molecule has 166 valence electrons. The highest BCUT2D eigenvalue weighted by Crippen LogP contribution is 2.33. The Morgan fingerprint density at radius 1 is 1.16 bits per heavy atom. The van der Waals surface area contributed by atoms with E-state index in [-0.39, 0.29) is 19.0 Å². The van der Waals surface area contributed by atoms with E-state index in [1.165, 1.54) is 23.6 Å². The van der Waals surface area contributed by atoms with Crippen LogP contribution in [-0.2, 0) is 4.74 Å². The number of H-pyrrole nitrogens is 1. The number of nitrogens with one attached hydrogen (secondary N) is 1. The molecule has 1 fully saturated rings. The summed E-state index contributed by atoms with van der Waals surface area (Å²) >= 11 is 0. The number of halogens is 1. The maximum absolute atomic E-state index is 11.8. The molecule has 2 heterocycles. The minimum absolute atomic E-state index is 0. The van der Waals surface area contributed by atoms with Crippen LogP contribution >= 0.6 is 12.4 Å². The zero-order valence-corrected chi connectivity index (χ0v) is 18.4. The lowest BCUT2D eigenvalue weighted by Gasteiger charge is -2.33. The van der Waals surface area contributed by atoms with Crippen LogP contribution in [0.5, 0.6) is 5.75 Å². The van der Waals surface area contributed by atoms with Crippen molar-refractivity contribution in [1.29, 1.82) is 0 Å². The standard InChI is InChI=1S/C24H28N2O4.ClH/c1-29-24(28)20-7-3-5-9-23(20)30-16-18(27)15-26-12-10-17(11-13-26)21-14-25-22-8-4-2-6-19(21)22;/h2-9,14,17-18,25,27H,10-13,15-16H2,1H3;1H. The molecule has 2 aromatic carbocycles. The molecular formula is C24H29ClN2O4. The number of carbonyl (C=O) groups is 1. The van der Waals surface area contributed by atoms with Crippen LogP contribution in [0.25, 0.3) is 10.9 Å².